The Morgan fingerprint density at radius 2 is 1.77 bits per heavy atom. The van der Waals surface area contributed by atoms with E-state index in [1.165, 1.54) is 19.2 Å². The van der Waals surface area contributed by atoms with Gasteiger partial charge in [0.2, 0.25) is 0 Å². The first-order valence-corrected chi connectivity index (χ1v) is 11.1. The second-order valence-corrected chi connectivity index (χ2v) is 9.06. The minimum Gasteiger partial charge on any atom is -0.453 e. The lowest BCUT2D eigenvalue weighted by Gasteiger charge is -2.23. The summed E-state index contributed by atoms with van der Waals surface area (Å²) in [6.07, 6.45) is -0.984. The van der Waals surface area contributed by atoms with Crippen molar-refractivity contribution in [3.05, 3.63) is 76.8 Å². The minimum atomic E-state index is -0.704. The molecule has 2 N–H and O–H groups in total. The topological polar surface area (TPSA) is 102 Å². The van der Waals surface area contributed by atoms with Gasteiger partial charge in [-0.15, -0.1) is 5.10 Å². The third-order valence-corrected chi connectivity index (χ3v) is 5.05. The number of anilines is 1. The lowest BCUT2D eigenvalue weighted by molar-refractivity contribution is 0.0502. The molecule has 10 heteroatoms. The van der Waals surface area contributed by atoms with Gasteiger partial charge >= 0.3 is 12.2 Å². The summed E-state index contributed by atoms with van der Waals surface area (Å²) >= 11 is 6.33. The number of nitrogens with zero attached hydrogens (tertiary/aromatic N) is 2. The van der Waals surface area contributed by atoms with E-state index < -0.39 is 23.8 Å². The van der Waals surface area contributed by atoms with Gasteiger partial charge in [-0.05, 0) is 68.7 Å². The van der Waals surface area contributed by atoms with Crippen molar-refractivity contribution in [1.29, 1.82) is 0 Å². The molecule has 1 aromatic heterocycles. The van der Waals surface area contributed by atoms with Crippen LogP contribution in [0.1, 0.15) is 38.1 Å². The number of methoxy groups -OCH3 is 1. The highest BCUT2D eigenvalue weighted by molar-refractivity contribution is 6.32. The Balaban J connectivity index is 1.93. The van der Waals surface area contributed by atoms with Crippen molar-refractivity contribution >= 4 is 29.5 Å². The van der Waals surface area contributed by atoms with Gasteiger partial charge in [0.15, 0.2) is 5.15 Å². The molecule has 8 nitrogen and oxygen atoms in total. The van der Waals surface area contributed by atoms with Crippen LogP contribution in [0.2, 0.25) is 5.15 Å². The van der Waals surface area contributed by atoms with Crippen LogP contribution in [0.3, 0.4) is 0 Å². The van der Waals surface area contributed by atoms with E-state index in [9.17, 15) is 14.0 Å². The number of hydrogen-bond acceptors (Lipinski definition) is 6. The summed E-state index contributed by atoms with van der Waals surface area (Å²) in [5, 5.41) is 13.8. The van der Waals surface area contributed by atoms with Crippen LogP contribution in [0.25, 0.3) is 11.1 Å². The van der Waals surface area contributed by atoms with E-state index in [-0.39, 0.29) is 17.4 Å². The standard InChI is InChI=1S/C25H26ClFN4O4/c1-25(2,3)35-24(33)29-20(13-15-6-5-7-17(27)12-15)21-14-19(22(26)31-30-21)16-8-10-18(11-9-16)28-23(32)34-4/h5-12,14,20H,13H2,1-4H3,(H,28,32)(H,29,33)/t20-/m0/s1. The fraction of sp³-hybridized carbons (Fsp3) is 0.280. The van der Waals surface area contributed by atoms with E-state index in [2.05, 4.69) is 25.6 Å². The molecule has 0 aliphatic heterocycles. The van der Waals surface area contributed by atoms with Gasteiger partial charge in [-0.2, -0.15) is 5.10 Å². The highest BCUT2D eigenvalue weighted by Crippen LogP contribution is 2.30. The summed E-state index contributed by atoms with van der Waals surface area (Å²) in [6.45, 7) is 5.27. The molecule has 0 aliphatic carbocycles. The molecule has 3 aromatic rings. The predicted molar refractivity (Wildman–Crippen MR) is 131 cm³/mol. The third kappa shape index (κ3) is 7.65. The number of nitrogens with one attached hydrogen (secondary N) is 2. The molecule has 0 radical (unpaired) electrons. The number of amides is 2. The summed E-state index contributed by atoms with van der Waals surface area (Å²) in [4.78, 5) is 24.0. The molecule has 1 heterocycles. The normalized spacial score (nSPS) is 11.9. The zero-order valence-electron chi connectivity index (χ0n) is 19.8. The quantitative estimate of drug-likeness (QED) is 0.435. The zero-order chi connectivity index (χ0) is 25.6. The van der Waals surface area contributed by atoms with Gasteiger partial charge in [-0.1, -0.05) is 35.9 Å². The molecule has 1 atom stereocenters. The number of halogens is 2. The average Bonchev–Trinajstić information content (AvgIpc) is 2.78. The van der Waals surface area contributed by atoms with Crippen molar-refractivity contribution in [3.8, 4) is 11.1 Å². The van der Waals surface area contributed by atoms with Gasteiger partial charge in [0.25, 0.3) is 0 Å². The van der Waals surface area contributed by atoms with Crippen LogP contribution in [0, 0.1) is 5.82 Å². The fourth-order valence-electron chi connectivity index (χ4n) is 3.25. The molecular weight excluding hydrogens is 475 g/mol. The summed E-state index contributed by atoms with van der Waals surface area (Å²) in [5.74, 6) is -0.387. The molecule has 184 valence electrons. The average molecular weight is 501 g/mol. The van der Waals surface area contributed by atoms with Crippen molar-refractivity contribution in [2.75, 3.05) is 12.4 Å². The van der Waals surface area contributed by atoms with Crippen LogP contribution in [-0.2, 0) is 15.9 Å². The summed E-state index contributed by atoms with van der Waals surface area (Å²) in [5.41, 5.74) is 2.18. The van der Waals surface area contributed by atoms with E-state index in [1.54, 1.807) is 63.2 Å². The van der Waals surface area contributed by atoms with E-state index in [1.807, 2.05) is 0 Å². The number of carbonyl (C=O) groups excluding carboxylic acids is 2. The van der Waals surface area contributed by atoms with Gasteiger partial charge < -0.3 is 14.8 Å². The van der Waals surface area contributed by atoms with Crippen LogP contribution in [0.4, 0.5) is 19.7 Å². The van der Waals surface area contributed by atoms with Crippen LogP contribution in [0.5, 0.6) is 0 Å². The molecule has 35 heavy (non-hydrogen) atoms. The predicted octanol–water partition coefficient (Wildman–Crippen LogP) is 5.92. The van der Waals surface area contributed by atoms with Crippen molar-refractivity contribution < 1.29 is 23.5 Å². The van der Waals surface area contributed by atoms with Gasteiger partial charge in [-0.25, -0.2) is 14.0 Å². The number of ether oxygens (including phenoxy) is 2. The minimum absolute atomic E-state index is 0.157. The zero-order valence-corrected chi connectivity index (χ0v) is 20.5. The Labute approximate surface area is 207 Å². The number of aromatic nitrogens is 2. The molecule has 0 fully saturated rings. The Morgan fingerprint density at radius 1 is 1.06 bits per heavy atom. The van der Waals surface area contributed by atoms with Crippen molar-refractivity contribution in [1.82, 2.24) is 15.5 Å². The smallest absolute Gasteiger partial charge is 0.411 e. The Bertz CT molecular complexity index is 1200. The second kappa shape index (κ2) is 11.1. The number of hydrogen-bond donors (Lipinski definition) is 2. The van der Waals surface area contributed by atoms with E-state index in [4.69, 9.17) is 16.3 Å². The van der Waals surface area contributed by atoms with E-state index in [0.29, 0.717) is 28.1 Å². The number of carbonyl (C=O) groups is 2. The number of rotatable bonds is 6. The Hall–Kier alpha value is -3.72. The van der Waals surface area contributed by atoms with E-state index in [0.717, 1.165) is 0 Å². The van der Waals surface area contributed by atoms with Crippen LogP contribution in [0.15, 0.2) is 54.6 Å². The van der Waals surface area contributed by atoms with Gasteiger partial charge in [0, 0.05) is 11.3 Å². The molecule has 0 saturated carbocycles. The summed E-state index contributed by atoms with van der Waals surface area (Å²) in [7, 11) is 1.28. The van der Waals surface area contributed by atoms with Crippen molar-refractivity contribution in [2.45, 2.75) is 38.8 Å². The van der Waals surface area contributed by atoms with Crippen LogP contribution < -0.4 is 10.6 Å². The lowest BCUT2D eigenvalue weighted by atomic mass is 10.0. The highest BCUT2D eigenvalue weighted by atomic mass is 35.5. The molecule has 0 unspecified atom stereocenters. The molecule has 3 rings (SSSR count). The number of benzene rings is 2. The van der Waals surface area contributed by atoms with Crippen molar-refractivity contribution in [3.63, 3.8) is 0 Å². The highest BCUT2D eigenvalue weighted by Gasteiger charge is 2.23. The third-order valence-electron chi connectivity index (χ3n) is 4.77. The maximum atomic E-state index is 13.8. The first-order valence-electron chi connectivity index (χ1n) is 10.8. The maximum absolute atomic E-state index is 13.8. The molecular formula is C25H26ClFN4O4. The van der Waals surface area contributed by atoms with Crippen molar-refractivity contribution in [2.24, 2.45) is 0 Å². The van der Waals surface area contributed by atoms with E-state index >= 15 is 0 Å². The number of alkyl carbamates (subject to hydrolysis) is 1. The first-order chi connectivity index (χ1) is 16.5. The molecule has 2 aromatic carbocycles. The van der Waals surface area contributed by atoms with Gasteiger partial charge in [-0.3, -0.25) is 5.32 Å². The summed E-state index contributed by atoms with van der Waals surface area (Å²) in [6, 6.07) is 14.0. The molecule has 0 bridgehead atoms. The largest absolute Gasteiger partial charge is 0.453 e. The first kappa shape index (κ1) is 25.9. The maximum Gasteiger partial charge on any atom is 0.411 e. The SMILES string of the molecule is COC(=O)Nc1ccc(-c2cc([C@H](Cc3cccc(F)c3)NC(=O)OC(C)(C)C)nnc2Cl)cc1. The molecule has 0 aliphatic rings. The Kier molecular flexibility index (Phi) is 8.24. The lowest BCUT2D eigenvalue weighted by Crippen LogP contribution is -2.36. The second-order valence-electron chi connectivity index (χ2n) is 8.70. The monoisotopic (exact) mass is 500 g/mol. The van der Waals surface area contributed by atoms with Gasteiger partial charge in [0.05, 0.1) is 18.8 Å². The fourth-order valence-corrected chi connectivity index (χ4v) is 3.45. The van der Waals surface area contributed by atoms with Crippen LogP contribution >= 0.6 is 11.6 Å². The summed E-state index contributed by atoms with van der Waals surface area (Å²) < 4.78 is 23.8. The van der Waals surface area contributed by atoms with Gasteiger partial charge in [0.1, 0.15) is 11.4 Å². The Morgan fingerprint density at radius 3 is 2.40 bits per heavy atom. The molecule has 2 amide bonds. The van der Waals surface area contributed by atoms with Crippen LogP contribution in [-0.4, -0.2) is 35.1 Å². The molecule has 0 spiro atoms. The molecule has 0 saturated heterocycles.